The van der Waals surface area contributed by atoms with E-state index in [0.29, 0.717) is 16.0 Å². The monoisotopic (exact) mass is 492 g/mol. The minimum atomic E-state index is -0.520. The number of carbonyl (C=O) groups is 2. The van der Waals surface area contributed by atoms with Crippen LogP contribution in [0.3, 0.4) is 0 Å². The van der Waals surface area contributed by atoms with Crippen molar-refractivity contribution in [3.63, 3.8) is 0 Å². The first-order chi connectivity index (χ1) is 16.3. The van der Waals surface area contributed by atoms with Gasteiger partial charge in [-0.2, -0.15) is 0 Å². The minimum Gasteiger partial charge on any atom is -0.298 e. The van der Waals surface area contributed by atoms with Crippen molar-refractivity contribution in [2.75, 3.05) is 10.2 Å². The number of aromatic nitrogens is 2. The van der Waals surface area contributed by atoms with E-state index in [4.69, 9.17) is 0 Å². The van der Waals surface area contributed by atoms with E-state index in [-0.39, 0.29) is 17.5 Å². The molecule has 1 N–H and O–H groups in total. The van der Waals surface area contributed by atoms with Gasteiger partial charge in [-0.1, -0.05) is 24.3 Å². The van der Waals surface area contributed by atoms with Crippen LogP contribution in [0.25, 0.3) is 17.3 Å². The molecular formula is C25H21FN4O2S2. The van der Waals surface area contributed by atoms with Crippen molar-refractivity contribution in [3.8, 4) is 11.3 Å². The maximum Gasteiger partial charge on any atom is 0.250 e. The first-order valence-corrected chi connectivity index (χ1v) is 12.1. The zero-order chi connectivity index (χ0) is 24.2. The van der Waals surface area contributed by atoms with Crippen LogP contribution in [0, 0.1) is 19.7 Å². The highest BCUT2D eigenvalue weighted by molar-refractivity contribution is 7.14. The van der Waals surface area contributed by atoms with E-state index in [9.17, 15) is 14.0 Å². The molecule has 172 valence electrons. The van der Waals surface area contributed by atoms with Gasteiger partial charge in [0.25, 0.3) is 0 Å². The van der Waals surface area contributed by atoms with Gasteiger partial charge in [0.05, 0.1) is 17.1 Å². The molecule has 4 rings (SSSR count). The van der Waals surface area contributed by atoms with Crippen molar-refractivity contribution in [3.05, 3.63) is 81.9 Å². The molecule has 0 aliphatic heterocycles. The summed E-state index contributed by atoms with van der Waals surface area (Å²) in [4.78, 5) is 34.6. The van der Waals surface area contributed by atoms with E-state index in [2.05, 4.69) is 35.2 Å². The third kappa shape index (κ3) is 5.27. The molecular weight excluding hydrogens is 471 g/mol. The first kappa shape index (κ1) is 23.5. The summed E-state index contributed by atoms with van der Waals surface area (Å²) in [6.07, 6.45) is 2.88. The lowest BCUT2D eigenvalue weighted by Crippen LogP contribution is -2.23. The Morgan fingerprint density at radius 1 is 1.03 bits per heavy atom. The van der Waals surface area contributed by atoms with Crippen LogP contribution in [0.4, 0.5) is 20.3 Å². The number of carbonyl (C=O) groups excluding carboxylic acids is 2. The van der Waals surface area contributed by atoms with Crippen LogP contribution in [0.15, 0.2) is 59.3 Å². The number of hydrogen-bond acceptors (Lipinski definition) is 6. The Labute approximate surface area is 204 Å². The number of para-hydroxylation sites is 1. The number of benzene rings is 2. The Kier molecular flexibility index (Phi) is 6.95. The Morgan fingerprint density at radius 2 is 1.82 bits per heavy atom. The third-order valence-electron chi connectivity index (χ3n) is 5.05. The van der Waals surface area contributed by atoms with Gasteiger partial charge in [0.1, 0.15) is 5.82 Å². The predicted molar refractivity (Wildman–Crippen MR) is 136 cm³/mol. The molecule has 2 aromatic heterocycles. The lowest BCUT2D eigenvalue weighted by molar-refractivity contribution is -0.116. The minimum absolute atomic E-state index is 0.126. The molecule has 0 radical (unpaired) electrons. The zero-order valence-corrected chi connectivity index (χ0v) is 20.3. The summed E-state index contributed by atoms with van der Waals surface area (Å²) in [5.41, 5.74) is 4.79. The lowest BCUT2D eigenvalue weighted by Gasteiger charge is -2.18. The highest BCUT2D eigenvalue weighted by atomic mass is 32.1. The number of aryl methyl sites for hydroxylation is 2. The topological polar surface area (TPSA) is 75.2 Å². The second-order valence-electron chi connectivity index (χ2n) is 7.52. The van der Waals surface area contributed by atoms with E-state index in [1.807, 2.05) is 17.5 Å². The number of nitrogens with one attached hydrogen (secondary N) is 1. The van der Waals surface area contributed by atoms with Crippen molar-refractivity contribution >= 4 is 56.5 Å². The first-order valence-electron chi connectivity index (χ1n) is 10.3. The molecule has 0 atom stereocenters. The normalized spacial score (nSPS) is 11.1. The standard InChI is InChI=1S/C25H21FN4O2S2/c1-15-8-9-18(12-16(15)2)21-14-33-24(28-21)29-23(32)11-10-19-13-34-25(27-19)30(17(3)31)22-7-5-4-6-20(22)26/h4-14H,1-3H3,(H,28,29,32)/b11-10+. The Hall–Kier alpha value is -3.69. The van der Waals surface area contributed by atoms with Gasteiger partial charge in [-0.05, 0) is 49.2 Å². The maximum absolute atomic E-state index is 14.2. The van der Waals surface area contributed by atoms with E-state index >= 15 is 0 Å². The van der Waals surface area contributed by atoms with Crippen molar-refractivity contribution in [1.82, 2.24) is 9.97 Å². The number of halogens is 1. The molecule has 0 aliphatic carbocycles. The quantitative estimate of drug-likeness (QED) is 0.318. The van der Waals surface area contributed by atoms with Crippen LogP contribution >= 0.6 is 22.7 Å². The fourth-order valence-electron chi connectivity index (χ4n) is 3.17. The Bertz CT molecular complexity index is 1390. The summed E-state index contributed by atoms with van der Waals surface area (Å²) in [6, 6.07) is 12.1. The molecule has 0 saturated heterocycles. The molecule has 9 heteroatoms. The van der Waals surface area contributed by atoms with Crippen molar-refractivity contribution < 1.29 is 14.0 Å². The van der Waals surface area contributed by atoms with Crippen molar-refractivity contribution in [1.29, 1.82) is 0 Å². The largest absolute Gasteiger partial charge is 0.298 e. The predicted octanol–water partition coefficient (Wildman–Crippen LogP) is 6.36. The third-order valence-corrected chi connectivity index (χ3v) is 6.65. The van der Waals surface area contributed by atoms with E-state index < -0.39 is 5.82 Å². The van der Waals surface area contributed by atoms with Crippen LogP contribution in [-0.4, -0.2) is 21.8 Å². The average molecular weight is 493 g/mol. The van der Waals surface area contributed by atoms with Gasteiger partial charge in [-0.3, -0.25) is 19.8 Å². The molecule has 2 amide bonds. The molecule has 0 unspecified atom stereocenters. The van der Waals surface area contributed by atoms with Crippen LogP contribution in [-0.2, 0) is 9.59 Å². The van der Waals surface area contributed by atoms with Crippen LogP contribution < -0.4 is 10.2 Å². The summed E-state index contributed by atoms with van der Waals surface area (Å²) in [6.45, 7) is 5.45. The van der Waals surface area contributed by atoms with Crippen LogP contribution in [0.2, 0.25) is 0 Å². The van der Waals surface area contributed by atoms with E-state index in [1.165, 1.54) is 69.9 Å². The molecule has 6 nitrogen and oxygen atoms in total. The van der Waals surface area contributed by atoms with E-state index in [1.54, 1.807) is 17.5 Å². The SMILES string of the molecule is CC(=O)N(c1nc(/C=C/C(=O)Nc2nc(-c3ccc(C)c(C)c3)cs2)cs1)c1ccccc1F. The van der Waals surface area contributed by atoms with Gasteiger partial charge in [0.15, 0.2) is 10.3 Å². The molecule has 2 aromatic carbocycles. The van der Waals surface area contributed by atoms with Crippen LogP contribution in [0.1, 0.15) is 23.7 Å². The van der Waals surface area contributed by atoms with Crippen molar-refractivity contribution in [2.24, 2.45) is 0 Å². The number of rotatable bonds is 6. The summed E-state index contributed by atoms with van der Waals surface area (Å²) < 4.78 is 14.2. The summed E-state index contributed by atoms with van der Waals surface area (Å²) in [5, 5.41) is 7.15. The van der Waals surface area contributed by atoms with Gasteiger partial charge in [0.2, 0.25) is 11.8 Å². The maximum atomic E-state index is 14.2. The highest BCUT2D eigenvalue weighted by Gasteiger charge is 2.20. The molecule has 2 heterocycles. The molecule has 0 saturated carbocycles. The molecule has 0 spiro atoms. The second-order valence-corrected chi connectivity index (χ2v) is 9.21. The fraction of sp³-hybridized carbons (Fsp3) is 0.120. The fourth-order valence-corrected chi connectivity index (χ4v) is 4.74. The smallest absolute Gasteiger partial charge is 0.250 e. The van der Waals surface area contributed by atoms with Crippen molar-refractivity contribution in [2.45, 2.75) is 20.8 Å². The number of thiazole rings is 2. The molecule has 0 aliphatic rings. The Balaban J connectivity index is 1.44. The molecule has 34 heavy (non-hydrogen) atoms. The number of nitrogens with zero attached hydrogens (tertiary/aromatic N) is 3. The van der Waals surface area contributed by atoms with E-state index in [0.717, 1.165) is 11.3 Å². The van der Waals surface area contributed by atoms with Gasteiger partial charge in [-0.25, -0.2) is 14.4 Å². The zero-order valence-electron chi connectivity index (χ0n) is 18.7. The van der Waals surface area contributed by atoms with Gasteiger partial charge < -0.3 is 0 Å². The van der Waals surface area contributed by atoms with Gasteiger partial charge in [-0.15, -0.1) is 22.7 Å². The highest BCUT2D eigenvalue weighted by Crippen LogP contribution is 2.31. The number of hydrogen-bond donors (Lipinski definition) is 1. The summed E-state index contributed by atoms with van der Waals surface area (Å²) in [7, 11) is 0. The lowest BCUT2D eigenvalue weighted by atomic mass is 10.1. The number of anilines is 3. The second kappa shape index (κ2) is 10.1. The average Bonchev–Trinajstić information content (AvgIpc) is 3.45. The summed E-state index contributed by atoms with van der Waals surface area (Å²) >= 11 is 2.53. The molecule has 4 aromatic rings. The molecule has 0 bridgehead atoms. The molecule has 0 fully saturated rings. The van der Waals surface area contributed by atoms with Crippen LogP contribution in [0.5, 0.6) is 0 Å². The number of amides is 2. The van der Waals surface area contributed by atoms with Gasteiger partial charge in [0, 0.05) is 29.3 Å². The summed E-state index contributed by atoms with van der Waals surface area (Å²) in [5.74, 6) is -1.24. The van der Waals surface area contributed by atoms with Gasteiger partial charge >= 0.3 is 0 Å². The Morgan fingerprint density at radius 3 is 2.56 bits per heavy atom.